The molecule has 1 aromatic heterocycles. The first-order chi connectivity index (χ1) is 16.0. The van der Waals surface area contributed by atoms with Gasteiger partial charge in [0, 0.05) is 30.4 Å². The maximum Gasteiger partial charge on any atom is 0.277 e. The molecule has 0 aliphatic carbocycles. The van der Waals surface area contributed by atoms with Gasteiger partial charge in [-0.15, -0.1) is 0 Å². The lowest BCUT2D eigenvalue weighted by atomic mass is 9.96. The number of hydrogen-bond acceptors (Lipinski definition) is 5. The molecule has 3 heterocycles. The maximum absolute atomic E-state index is 14.2. The third kappa shape index (κ3) is 3.73. The van der Waals surface area contributed by atoms with Crippen LogP contribution >= 0.6 is 0 Å². The predicted octanol–water partition coefficient (Wildman–Crippen LogP) is 3.17. The Morgan fingerprint density at radius 1 is 1.03 bits per heavy atom. The highest BCUT2D eigenvalue weighted by molar-refractivity contribution is 5.96. The summed E-state index contributed by atoms with van der Waals surface area (Å²) in [5.41, 5.74) is 0.842. The number of aromatic nitrogens is 1. The summed E-state index contributed by atoms with van der Waals surface area (Å²) >= 11 is 0. The monoisotopic (exact) mass is 447 g/mol. The first kappa shape index (κ1) is 20.8. The fraction of sp³-hybridized carbons (Fsp3) is 0.200. The molecule has 7 nitrogen and oxygen atoms in total. The standard InChI is InChI=1S/C25H22FN3O4/c26-18-9-10-19-21(15-18)33-14-6-2-5-12-27-16-29(22(19)17-7-3-1-4-8-17)28-13-11-20(30)24(31)23(28)25(27)32/h1-4,6-11,13,15,22,31H,5,12,14,16H2/b6-2-/t22-/m1/s1. The van der Waals surface area contributed by atoms with E-state index in [1.807, 2.05) is 47.5 Å². The van der Waals surface area contributed by atoms with E-state index in [2.05, 4.69) is 0 Å². The van der Waals surface area contributed by atoms with E-state index in [-0.39, 0.29) is 19.0 Å². The van der Waals surface area contributed by atoms with Crippen molar-refractivity contribution in [1.82, 2.24) is 9.58 Å². The summed E-state index contributed by atoms with van der Waals surface area (Å²) in [7, 11) is 0. The van der Waals surface area contributed by atoms with E-state index in [0.717, 1.165) is 5.56 Å². The zero-order valence-corrected chi connectivity index (χ0v) is 17.7. The molecule has 2 aliphatic rings. The average Bonchev–Trinajstić information content (AvgIpc) is 2.81. The molecule has 168 valence electrons. The van der Waals surface area contributed by atoms with E-state index in [9.17, 15) is 19.1 Å². The van der Waals surface area contributed by atoms with Gasteiger partial charge in [-0.05, 0) is 24.1 Å². The number of amides is 1. The molecular weight excluding hydrogens is 425 g/mol. The van der Waals surface area contributed by atoms with Crippen molar-refractivity contribution in [2.45, 2.75) is 12.5 Å². The molecule has 8 heteroatoms. The van der Waals surface area contributed by atoms with Gasteiger partial charge in [-0.1, -0.05) is 42.5 Å². The third-order valence-electron chi connectivity index (χ3n) is 5.89. The predicted molar refractivity (Wildman–Crippen MR) is 120 cm³/mol. The molecule has 0 spiro atoms. The van der Waals surface area contributed by atoms with Crippen LogP contribution in [0.4, 0.5) is 4.39 Å². The molecule has 2 aromatic carbocycles. The number of ether oxygens (including phenoxy) is 1. The Labute approximate surface area is 189 Å². The number of pyridine rings is 1. The molecule has 2 bridgehead atoms. The van der Waals surface area contributed by atoms with Gasteiger partial charge >= 0.3 is 0 Å². The maximum atomic E-state index is 14.2. The van der Waals surface area contributed by atoms with Gasteiger partial charge in [0.15, 0.2) is 11.4 Å². The molecule has 0 radical (unpaired) electrons. The highest BCUT2D eigenvalue weighted by Gasteiger charge is 2.37. The summed E-state index contributed by atoms with van der Waals surface area (Å²) in [5.74, 6) is -1.06. The van der Waals surface area contributed by atoms with E-state index in [1.54, 1.807) is 11.0 Å². The summed E-state index contributed by atoms with van der Waals surface area (Å²) in [6, 6.07) is 14.7. The molecule has 0 saturated carbocycles. The van der Waals surface area contributed by atoms with E-state index in [1.165, 1.54) is 29.1 Å². The van der Waals surface area contributed by atoms with Crippen LogP contribution in [-0.2, 0) is 0 Å². The van der Waals surface area contributed by atoms with Crippen molar-refractivity contribution >= 4 is 5.91 Å². The Balaban J connectivity index is 1.79. The fourth-order valence-corrected chi connectivity index (χ4v) is 4.33. The molecular formula is C25H22FN3O4. The molecule has 0 saturated heterocycles. The highest BCUT2D eigenvalue weighted by atomic mass is 19.1. The van der Waals surface area contributed by atoms with Gasteiger partial charge in [-0.25, -0.2) is 4.39 Å². The number of rotatable bonds is 1. The molecule has 5 rings (SSSR count). The van der Waals surface area contributed by atoms with Crippen molar-refractivity contribution < 1.29 is 19.0 Å². The highest BCUT2D eigenvalue weighted by Crippen LogP contribution is 2.37. The van der Waals surface area contributed by atoms with Crippen molar-refractivity contribution in [3.8, 4) is 11.5 Å². The number of halogens is 1. The number of hydrogen-bond donors (Lipinski definition) is 1. The smallest absolute Gasteiger partial charge is 0.277 e. The molecule has 0 fully saturated rings. The van der Waals surface area contributed by atoms with Crippen molar-refractivity contribution in [3.05, 3.63) is 106 Å². The van der Waals surface area contributed by atoms with Crippen LogP contribution in [0.5, 0.6) is 11.5 Å². The lowest BCUT2D eigenvalue weighted by Crippen LogP contribution is -2.55. The van der Waals surface area contributed by atoms with Gasteiger partial charge in [0.05, 0.1) is 0 Å². The minimum absolute atomic E-state index is 0.0969. The van der Waals surface area contributed by atoms with Gasteiger partial charge in [0.1, 0.15) is 30.9 Å². The van der Waals surface area contributed by atoms with Crippen LogP contribution in [0.15, 0.2) is 77.7 Å². The summed E-state index contributed by atoms with van der Waals surface area (Å²) < 4.78 is 21.6. The minimum atomic E-state index is -0.625. The van der Waals surface area contributed by atoms with Crippen molar-refractivity contribution in [1.29, 1.82) is 0 Å². The van der Waals surface area contributed by atoms with Crippen molar-refractivity contribution in [3.63, 3.8) is 0 Å². The van der Waals surface area contributed by atoms with Crippen LogP contribution in [0.3, 0.4) is 0 Å². The summed E-state index contributed by atoms with van der Waals surface area (Å²) in [6.07, 6.45) is 5.76. The average molecular weight is 447 g/mol. The Morgan fingerprint density at radius 3 is 2.67 bits per heavy atom. The number of nitrogens with zero attached hydrogens (tertiary/aromatic N) is 3. The molecule has 1 atom stereocenters. The lowest BCUT2D eigenvalue weighted by molar-refractivity contribution is 0.0682. The molecule has 1 N–H and O–H groups in total. The zero-order valence-electron chi connectivity index (χ0n) is 17.7. The van der Waals surface area contributed by atoms with Crippen LogP contribution in [0, 0.1) is 5.82 Å². The van der Waals surface area contributed by atoms with Crippen LogP contribution in [0.1, 0.15) is 34.1 Å². The first-order valence-electron chi connectivity index (χ1n) is 10.7. The largest absolute Gasteiger partial charge is 0.502 e. The van der Waals surface area contributed by atoms with Gasteiger partial charge in [-0.2, -0.15) is 0 Å². The van der Waals surface area contributed by atoms with E-state index < -0.39 is 28.9 Å². The van der Waals surface area contributed by atoms with E-state index in [0.29, 0.717) is 24.3 Å². The molecule has 1 amide bonds. The fourth-order valence-electron chi connectivity index (χ4n) is 4.33. The zero-order chi connectivity index (χ0) is 22.9. The summed E-state index contributed by atoms with van der Waals surface area (Å²) in [5, 5.41) is 12.4. The van der Waals surface area contributed by atoms with E-state index in [4.69, 9.17) is 4.74 Å². The third-order valence-corrected chi connectivity index (χ3v) is 5.89. The SMILES string of the molecule is O=C1c2c(O)c(=O)ccn2N2CN1CC/C=C\COc1cc(F)ccc1[C@H]2c1ccccc1. The second kappa shape index (κ2) is 8.46. The van der Waals surface area contributed by atoms with Gasteiger partial charge in [0.25, 0.3) is 5.91 Å². The minimum Gasteiger partial charge on any atom is -0.502 e. The van der Waals surface area contributed by atoms with Gasteiger partial charge in [0.2, 0.25) is 5.43 Å². The first-order valence-corrected chi connectivity index (χ1v) is 10.7. The number of aromatic hydroxyl groups is 1. The number of benzene rings is 2. The van der Waals surface area contributed by atoms with Gasteiger partial charge in [-0.3, -0.25) is 19.3 Å². The van der Waals surface area contributed by atoms with Crippen LogP contribution in [0.2, 0.25) is 0 Å². The van der Waals surface area contributed by atoms with Crippen molar-refractivity contribution in [2.24, 2.45) is 0 Å². The summed E-state index contributed by atoms with van der Waals surface area (Å²) in [6.45, 7) is 0.848. The number of fused-ring (bicyclic) bond motifs is 5. The van der Waals surface area contributed by atoms with Crippen LogP contribution in [-0.4, -0.2) is 40.4 Å². The lowest BCUT2D eigenvalue weighted by Gasteiger charge is -2.44. The van der Waals surface area contributed by atoms with Crippen LogP contribution < -0.4 is 15.2 Å². The Hall–Kier alpha value is -4.07. The molecule has 33 heavy (non-hydrogen) atoms. The van der Waals surface area contributed by atoms with Crippen molar-refractivity contribution in [2.75, 3.05) is 24.8 Å². The Bertz CT molecular complexity index is 1290. The van der Waals surface area contributed by atoms with Crippen LogP contribution in [0.25, 0.3) is 0 Å². The second-order valence-electron chi connectivity index (χ2n) is 7.94. The Morgan fingerprint density at radius 2 is 1.85 bits per heavy atom. The molecule has 3 aromatic rings. The quantitative estimate of drug-likeness (QED) is 0.580. The molecule has 2 aliphatic heterocycles. The molecule has 0 unspecified atom stereocenters. The number of carbonyl (C=O) groups is 1. The normalized spacial score (nSPS) is 18.9. The Kier molecular flexibility index (Phi) is 5.34. The second-order valence-corrected chi connectivity index (χ2v) is 7.94. The topological polar surface area (TPSA) is 75.0 Å². The van der Waals surface area contributed by atoms with Gasteiger partial charge < -0.3 is 14.7 Å². The van der Waals surface area contributed by atoms with E-state index >= 15 is 0 Å². The summed E-state index contributed by atoms with van der Waals surface area (Å²) in [4.78, 5) is 27.0. The number of carbonyl (C=O) groups excluding carboxylic acids is 1.